The van der Waals surface area contributed by atoms with E-state index < -0.39 is 5.60 Å². The Kier molecular flexibility index (Phi) is 4.26. The van der Waals surface area contributed by atoms with Crippen molar-refractivity contribution >= 4 is 0 Å². The Morgan fingerprint density at radius 2 is 2.10 bits per heavy atom. The molecule has 0 amide bonds. The van der Waals surface area contributed by atoms with Crippen LogP contribution in [0.3, 0.4) is 0 Å². The molecule has 116 valence electrons. The van der Waals surface area contributed by atoms with Gasteiger partial charge in [0.05, 0.1) is 12.2 Å². The highest BCUT2D eigenvalue weighted by Gasteiger charge is 2.38. The van der Waals surface area contributed by atoms with Gasteiger partial charge < -0.3 is 9.84 Å². The first-order chi connectivity index (χ1) is 10.1. The van der Waals surface area contributed by atoms with Crippen LogP contribution in [0.4, 0.5) is 0 Å². The first-order valence-corrected chi connectivity index (χ1v) is 8.51. The van der Waals surface area contributed by atoms with Crippen molar-refractivity contribution in [1.82, 2.24) is 0 Å². The van der Waals surface area contributed by atoms with Crippen LogP contribution in [0, 0.1) is 11.8 Å². The van der Waals surface area contributed by atoms with Gasteiger partial charge in [0.2, 0.25) is 0 Å². The Morgan fingerprint density at radius 3 is 2.90 bits per heavy atom. The van der Waals surface area contributed by atoms with Crippen LogP contribution >= 0.6 is 0 Å². The van der Waals surface area contributed by atoms with E-state index in [0.29, 0.717) is 17.8 Å². The molecule has 0 bridgehead atoms. The van der Waals surface area contributed by atoms with Crippen molar-refractivity contribution in [3.8, 4) is 5.75 Å². The van der Waals surface area contributed by atoms with Gasteiger partial charge in [-0.1, -0.05) is 38.5 Å². The summed E-state index contributed by atoms with van der Waals surface area (Å²) in [5.74, 6) is 2.83. The van der Waals surface area contributed by atoms with Crippen LogP contribution in [0.15, 0.2) is 24.3 Å². The highest BCUT2D eigenvalue weighted by Crippen LogP contribution is 2.44. The fraction of sp³-hybridized carbons (Fsp3) is 0.684. The number of hydrogen-bond donors (Lipinski definition) is 1. The molecule has 0 saturated heterocycles. The van der Waals surface area contributed by atoms with Crippen LogP contribution < -0.4 is 4.74 Å². The van der Waals surface area contributed by atoms with Gasteiger partial charge in [-0.25, -0.2) is 0 Å². The molecule has 1 aliphatic heterocycles. The van der Waals surface area contributed by atoms with Gasteiger partial charge in [0.15, 0.2) is 0 Å². The summed E-state index contributed by atoms with van der Waals surface area (Å²) in [5.41, 5.74) is 0.825. The highest BCUT2D eigenvalue weighted by atomic mass is 16.5. The molecule has 1 fully saturated rings. The second kappa shape index (κ2) is 6.00. The number of benzene rings is 1. The lowest BCUT2D eigenvalue weighted by Crippen LogP contribution is -2.38. The van der Waals surface area contributed by atoms with E-state index in [1.807, 2.05) is 6.07 Å². The molecule has 1 aromatic carbocycles. The van der Waals surface area contributed by atoms with Crippen molar-refractivity contribution in [3.63, 3.8) is 0 Å². The normalized spacial score (nSPS) is 32.6. The largest absolute Gasteiger partial charge is 0.493 e. The minimum atomic E-state index is -0.470. The molecule has 1 aromatic rings. The van der Waals surface area contributed by atoms with E-state index in [4.69, 9.17) is 4.74 Å². The Hall–Kier alpha value is -1.02. The van der Waals surface area contributed by atoms with Crippen LogP contribution in [0.2, 0.25) is 0 Å². The van der Waals surface area contributed by atoms with Crippen molar-refractivity contribution in [1.29, 1.82) is 0 Å². The van der Waals surface area contributed by atoms with Gasteiger partial charge in [-0.3, -0.25) is 0 Å². The topological polar surface area (TPSA) is 29.5 Å². The number of ether oxygens (including phenoxy) is 1. The van der Waals surface area contributed by atoms with Gasteiger partial charge in [0.1, 0.15) is 5.75 Å². The molecule has 3 unspecified atom stereocenters. The predicted molar refractivity (Wildman–Crippen MR) is 85.7 cm³/mol. The van der Waals surface area contributed by atoms with Crippen LogP contribution in [0.25, 0.3) is 0 Å². The van der Waals surface area contributed by atoms with Crippen LogP contribution in [0.5, 0.6) is 5.75 Å². The SMILES string of the molecule is CC(C)C1CCCC(O)(CC2CCOc3ccccc32)C1. The molecular formula is C19H28O2. The van der Waals surface area contributed by atoms with Crippen molar-refractivity contribution in [2.24, 2.45) is 11.8 Å². The molecule has 2 heteroatoms. The Morgan fingerprint density at radius 1 is 1.29 bits per heavy atom. The number of rotatable bonds is 3. The predicted octanol–water partition coefficient (Wildman–Crippen LogP) is 4.52. The van der Waals surface area contributed by atoms with Crippen LogP contribution in [0.1, 0.15) is 63.9 Å². The maximum absolute atomic E-state index is 11.1. The van der Waals surface area contributed by atoms with E-state index in [2.05, 4.69) is 32.0 Å². The van der Waals surface area contributed by atoms with Gasteiger partial charge in [-0.05, 0) is 61.5 Å². The maximum atomic E-state index is 11.1. The number of fused-ring (bicyclic) bond motifs is 1. The molecule has 0 aromatic heterocycles. The Labute approximate surface area is 128 Å². The summed E-state index contributed by atoms with van der Waals surface area (Å²) in [5, 5.41) is 11.1. The highest BCUT2D eigenvalue weighted by molar-refractivity contribution is 5.38. The minimum absolute atomic E-state index is 0.450. The fourth-order valence-corrected chi connectivity index (χ4v) is 4.23. The van der Waals surface area contributed by atoms with Gasteiger partial charge in [-0.2, -0.15) is 0 Å². The standard InChI is InChI=1S/C19H28O2/c1-14(2)15-6-5-10-19(20,12-15)13-16-9-11-21-18-8-4-3-7-17(16)18/h3-4,7-8,14-16,20H,5-6,9-13H2,1-2H3. The summed E-state index contributed by atoms with van der Waals surface area (Å²) in [6.07, 6.45) is 6.33. The van der Waals surface area contributed by atoms with E-state index >= 15 is 0 Å². The molecule has 1 saturated carbocycles. The average molecular weight is 288 g/mol. The molecule has 1 aliphatic carbocycles. The zero-order valence-corrected chi connectivity index (χ0v) is 13.3. The lowest BCUT2D eigenvalue weighted by molar-refractivity contribution is -0.0384. The third-order valence-corrected chi connectivity index (χ3v) is 5.51. The number of aliphatic hydroxyl groups is 1. The van der Waals surface area contributed by atoms with Gasteiger partial charge in [0, 0.05) is 0 Å². The molecule has 21 heavy (non-hydrogen) atoms. The molecular weight excluding hydrogens is 260 g/mol. The summed E-state index contributed by atoms with van der Waals surface area (Å²) in [6.45, 7) is 5.37. The molecule has 1 N–H and O–H groups in total. The fourth-order valence-electron chi connectivity index (χ4n) is 4.23. The summed E-state index contributed by atoms with van der Waals surface area (Å²) in [6, 6.07) is 8.35. The number of hydrogen-bond acceptors (Lipinski definition) is 2. The quantitative estimate of drug-likeness (QED) is 0.886. The third kappa shape index (κ3) is 3.26. The first kappa shape index (κ1) is 14.9. The van der Waals surface area contributed by atoms with E-state index in [1.54, 1.807) is 0 Å². The third-order valence-electron chi connectivity index (χ3n) is 5.51. The second-order valence-electron chi connectivity index (χ2n) is 7.40. The van der Waals surface area contributed by atoms with Crippen molar-refractivity contribution < 1.29 is 9.84 Å². The van der Waals surface area contributed by atoms with Crippen LogP contribution in [-0.2, 0) is 0 Å². The van der Waals surface area contributed by atoms with E-state index in [1.165, 1.54) is 18.4 Å². The average Bonchev–Trinajstić information content (AvgIpc) is 2.47. The maximum Gasteiger partial charge on any atom is 0.122 e. The van der Waals surface area contributed by atoms with Crippen molar-refractivity contribution in [2.45, 2.75) is 63.9 Å². The van der Waals surface area contributed by atoms with E-state index in [0.717, 1.165) is 38.0 Å². The Bertz CT molecular complexity index is 482. The zero-order valence-electron chi connectivity index (χ0n) is 13.3. The lowest BCUT2D eigenvalue weighted by atomic mass is 9.69. The molecule has 2 nitrogen and oxygen atoms in total. The lowest BCUT2D eigenvalue weighted by Gasteiger charge is -2.41. The van der Waals surface area contributed by atoms with Crippen molar-refractivity contribution in [2.75, 3.05) is 6.61 Å². The van der Waals surface area contributed by atoms with Gasteiger partial charge in [-0.15, -0.1) is 0 Å². The minimum Gasteiger partial charge on any atom is -0.493 e. The molecule has 0 radical (unpaired) electrons. The van der Waals surface area contributed by atoms with Crippen LogP contribution in [-0.4, -0.2) is 17.3 Å². The smallest absolute Gasteiger partial charge is 0.122 e. The summed E-state index contributed by atoms with van der Waals surface area (Å²) in [7, 11) is 0. The van der Waals surface area contributed by atoms with E-state index in [9.17, 15) is 5.11 Å². The monoisotopic (exact) mass is 288 g/mol. The number of para-hydroxylation sites is 1. The van der Waals surface area contributed by atoms with Gasteiger partial charge >= 0.3 is 0 Å². The van der Waals surface area contributed by atoms with E-state index in [-0.39, 0.29) is 0 Å². The first-order valence-electron chi connectivity index (χ1n) is 8.51. The summed E-state index contributed by atoms with van der Waals surface area (Å²) < 4.78 is 5.75. The molecule has 3 atom stereocenters. The molecule has 0 spiro atoms. The molecule has 2 aliphatic rings. The molecule has 3 rings (SSSR count). The summed E-state index contributed by atoms with van der Waals surface area (Å²) in [4.78, 5) is 0. The van der Waals surface area contributed by atoms with Gasteiger partial charge in [0.25, 0.3) is 0 Å². The van der Waals surface area contributed by atoms with Crippen molar-refractivity contribution in [3.05, 3.63) is 29.8 Å². The second-order valence-corrected chi connectivity index (χ2v) is 7.40. The molecule has 1 heterocycles. The Balaban J connectivity index is 1.74. The summed E-state index contributed by atoms with van der Waals surface area (Å²) >= 11 is 0. The zero-order chi connectivity index (χ0) is 14.9.